The van der Waals surface area contributed by atoms with Gasteiger partial charge in [-0.25, -0.2) is 0 Å². The molecular weight excluding hydrogens is 234 g/mol. The third-order valence-corrected chi connectivity index (χ3v) is 3.84. The molecule has 1 aliphatic rings. The van der Waals surface area contributed by atoms with Gasteiger partial charge in [0.15, 0.2) is 4.77 Å². The maximum atomic E-state index is 10.1. The molecule has 5 heteroatoms. The number of imidazole rings is 1. The largest absolute Gasteiger partial charge is 0.391 e. The van der Waals surface area contributed by atoms with Crippen LogP contribution in [0.2, 0.25) is 0 Å². The van der Waals surface area contributed by atoms with Crippen LogP contribution in [-0.4, -0.2) is 25.7 Å². The molecular formula is C12H15N3OS. The average Bonchev–Trinajstić information content (AvgIpc) is 2.66. The molecule has 90 valence electrons. The maximum absolute atomic E-state index is 10.1. The van der Waals surface area contributed by atoms with Crippen LogP contribution in [0.15, 0.2) is 18.5 Å². The minimum absolute atomic E-state index is 0.104. The summed E-state index contributed by atoms with van der Waals surface area (Å²) in [5.41, 5.74) is 1.98. The lowest BCUT2D eigenvalue weighted by molar-refractivity contribution is 0.0767. The van der Waals surface area contributed by atoms with Crippen molar-refractivity contribution in [2.75, 3.05) is 0 Å². The Bertz CT molecular complexity index is 589. The molecule has 2 aromatic rings. The smallest absolute Gasteiger partial charge is 0.178 e. The highest BCUT2D eigenvalue weighted by molar-refractivity contribution is 7.71. The van der Waals surface area contributed by atoms with E-state index in [0.717, 1.165) is 36.7 Å². The molecule has 1 aliphatic carbocycles. The first-order valence-electron chi connectivity index (χ1n) is 5.99. The lowest BCUT2D eigenvalue weighted by atomic mass is 9.92. The van der Waals surface area contributed by atoms with Crippen LogP contribution in [0.4, 0.5) is 0 Å². The Kier molecular flexibility index (Phi) is 2.72. The molecule has 1 saturated carbocycles. The zero-order chi connectivity index (χ0) is 11.8. The number of aliphatic hydroxyl groups excluding tert-OH is 1. The van der Waals surface area contributed by atoms with Crippen LogP contribution in [0.3, 0.4) is 0 Å². The first-order chi connectivity index (χ1) is 8.27. The molecule has 2 atom stereocenters. The minimum Gasteiger partial charge on any atom is -0.391 e. The first kappa shape index (κ1) is 10.9. The molecule has 0 aromatic carbocycles. The van der Waals surface area contributed by atoms with Gasteiger partial charge in [0, 0.05) is 6.20 Å². The van der Waals surface area contributed by atoms with Crippen molar-refractivity contribution >= 4 is 23.3 Å². The Morgan fingerprint density at radius 2 is 2.24 bits per heavy atom. The highest BCUT2D eigenvalue weighted by Crippen LogP contribution is 2.31. The van der Waals surface area contributed by atoms with Gasteiger partial charge in [0.05, 0.1) is 29.4 Å². The molecule has 3 rings (SSSR count). The van der Waals surface area contributed by atoms with E-state index in [4.69, 9.17) is 12.2 Å². The average molecular weight is 249 g/mol. The second kappa shape index (κ2) is 4.23. The molecule has 2 N–H and O–H groups in total. The number of H-pyrrole nitrogens is 1. The summed E-state index contributed by atoms with van der Waals surface area (Å²) in [5.74, 6) is 0. The summed E-state index contributed by atoms with van der Waals surface area (Å²) in [6, 6.07) is 2.05. The zero-order valence-electron chi connectivity index (χ0n) is 9.47. The van der Waals surface area contributed by atoms with Gasteiger partial charge < -0.3 is 14.7 Å². The number of hydrogen-bond donors (Lipinski definition) is 2. The van der Waals surface area contributed by atoms with Gasteiger partial charge in [-0.05, 0) is 31.1 Å². The van der Waals surface area contributed by atoms with E-state index in [-0.39, 0.29) is 12.1 Å². The van der Waals surface area contributed by atoms with Crippen LogP contribution < -0.4 is 0 Å². The molecule has 2 heterocycles. The van der Waals surface area contributed by atoms with Crippen molar-refractivity contribution in [3.63, 3.8) is 0 Å². The normalized spacial score (nSPS) is 25.2. The number of fused-ring (bicyclic) bond motifs is 1. The van der Waals surface area contributed by atoms with E-state index in [1.54, 1.807) is 12.4 Å². The van der Waals surface area contributed by atoms with Crippen LogP contribution in [-0.2, 0) is 0 Å². The van der Waals surface area contributed by atoms with Gasteiger partial charge in [-0.1, -0.05) is 12.8 Å². The van der Waals surface area contributed by atoms with Gasteiger partial charge in [-0.2, -0.15) is 0 Å². The van der Waals surface area contributed by atoms with Crippen LogP contribution >= 0.6 is 12.2 Å². The van der Waals surface area contributed by atoms with Crippen molar-refractivity contribution in [3.8, 4) is 0 Å². The Hall–Kier alpha value is -1.20. The summed E-state index contributed by atoms with van der Waals surface area (Å²) in [5, 5.41) is 10.1. The second-order valence-corrected chi connectivity index (χ2v) is 5.00. The van der Waals surface area contributed by atoms with Crippen molar-refractivity contribution in [2.24, 2.45) is 0 Å². The van der Waals surface area contributed by atoms with E-state index in [1.807, 2.05) is 6.07 Å². The molecule has 1 fully saturated rings. The third kappa shape index (κ3) is 1.79. The fraction of sp³-hybridized carbons (Fsp3) is 0.500. The van der Waals surface area contributed by atoms with Crippen molar-refractivity contribution in [1.29, 1.82) is 0 Å². The maximum Gasteiger partial charge on any atom is 0.178 e. The van der Waals surface area contributed by atoms with Gasteiger partial charge >= 0.3 is 0 Å². The first-order valence-corrected chi connectivity index (χ1v) is 6.40. The molecule has 0 spiro atoms. The van der Waals surface area contributed by atoms with Gasteiger partial charge in [0.1, 0.15) is 0 Å². The highest BCUT2D eigenvalue weighted by Gasteiger charge is 2.26. The molecule has 0 radical (unpaired) electrons. The summed E-state index contributed by atoms with van der Waals surface area (Å²) in [6.07, 6.45) is 7.36. The van der Waals surface area contributed by atoms with Crippen molar-refractivity contribution in [2.45, 2.75) is 37.8 Å². The summed E-state index contributed by atoms with van der Waals surface area (Å²) in [7, 11) is 0. The summed E-state index contributed by atoms with van der Waals surface area (Å²) >= 11 is 5.36. The van der Waals surface area contributed by atoms with Crippen LogP contribution in [0, 0.1) is 4.77 Å². The molecule has 4 nitrogen and oxygen atoms in total. The van der Waals surface area contributed by atoms with Crippen LogP contribution in [0.5, 0.6) is 0 Å². The van der Waals surface area contributed by atoms with Crippen molar-refractivity contribution in [3.05, 3.63) is 23.2 Å². The Balaban J connectivity index is 2.15. The highest BCUT2D eigenvalue weighted by atomic mass is 32.1. The van der Waals surface area contributed by atoms with E-state index in [0.29, 0.717) is 4.77 Å². The molecule has 0 bridgehead atoms. The molecule has 0 saturated heterocycles. The topological polar surface area (TPSA) is 53.8 Å². The quantitative estimate of drug-likeness (QED) is 0.764. The molecule has 0 amide bonds. The fourth-order valence-corrected chi connectivity index (χ4v) is 3.04. The number of aliphatic hydroxyl groups is 1. The second-order valence-electron chi connectivity index (χ2n) is 4.61. The van der Waals surface area contributed by atoms with Crippen LogP contribution in [0.1, 0.15) is 31.7 Å². The van der Waals surface area contributed by atoms with E-state index in [9.17, 15) is 5.11 Å². The summed E-state index contributed by atoms with van der Waals surface area (Å²) < 4.78 is 2.73. The Morgan fingerprint density at radius 3 is 3.06 bits per heavy atom. The van der Waals surface area contributed by atoms with E-state index in [1.165, 1.54) is 0 Å². The third-order valence-electron chi connectivity index (χ3n) is 3.54. The molecule has 2 unspecified atom stereocenters. The predicted molar refractivity (Wildman–Crippen MR) is 68.4 cm³/mol. The van der Waals surface area contributed by atoms with Crippen molar-refractivity contribution < 1.29 is 5.11 Å². The van der Waals surface area contributed by atoms with Gasteiger partial charge in [-0.3, -0.25) is 4.98 Å². The molecule has 0 aliphatic heterocycles. The SMILES string of the molecule is OC1CCCCC1n1c(=S)[nH]c2cnccc21. The molecule has 2 aromatic heterocycles. The fourth-order valence-electron chi connectivity index (χ4n) is 2.70. The number of rotatable bonds is 1. The standard InChI is InChI=1S/C12H15N3OS/c16-11-4-2-1-3-10(11)15-9-5-6-13-7-8(9)14-12(15)17/h5-7,10-11,16H,1-4H2,(H,14,17). The monoisotopic (exact) mass is 249 g/mol. The number of pyridine rings is 1. The van der Waals surface area contributed by atoms with E-state index < -0.39 is 0 Å². The predicted octanol–water partition coefficient (Wildman–Crippen LogP) is 2.57. The van der Waals surface area contributed by atoms with E-state index >= 15 is 0 Å². The number of aromatic amines is 1. The molecule has 17 heavy (non-hydrogen) atoms. The van der Waals surface area contributed by atoms with Gasteiger partial charge in [0.2, 0.25) is 0 Å². The lowest BCUT2D eigenvalue weighted by Gasteiger charge is -2.29. The Labute approximate surface area is 104 Å². The van der Waals surface area contributed by atoms with Crippen LogP contribution in [0.25, 0.3) is 11.0 Å². The van der Waals surface area contributed by atoms with Crippen molar-refractivity contribution in [1.82, 2.24) is 14.5 Å². The number of nitrogens with zero attached hydrogens (tertiary/aromatic N) is 2. The summed E-state index contributed by atoms with van der Waals surface area (Å²) in [4.78, 5) is 7.23. The Morgan fingerprint density at radius 1 is 1.41 bits per heavy atom. The lowest BCUT2D eigenvalue weighted by Crippen LogP contribution is -2.27. The summed E-state index contributed by atoms with van der Waals surface area (Å²) in [6.45, 7) is 0. The number of nitrogens with one attached hydrogen (secondary N) is 1. The van der Waals surface area contributed by atoms with E-state index in [2.05, 4.69) is 14.5 Å². The number of hydrogen-bond acceptors (Lipinski definition) is 3. The van der Waals surface area contributed by atoms with Gasteiger partial charge in [0.25, 0.3) is 0 Å². The zero-order valence-corrected chi connectivity index (χ0v) is 10.3. The minimum atomic E-state index is -0.289. The van der Waals surface area contributed by atoms with Gasteiger partial charge in [-0.15, -0.1) is 0 Å². The number of aromatic nitrogens is 3.